The first-order valence-corrected chi connectivity index (χ1v) is 9.44. The van der Waals surface area contributed by atoms with E-state index >= 15 is 0 Å². The van der Waals surface area contributed by atoms with Crippen molar-refractivity contribution >= 4 is 35.1 Å². The number of rotatable bonds is 7. The average molecular weight is 423 g/mol. The Morgan fingerprint density at radius 3 is 2.43 bits per heavy atom. The maximum absolute atomic E-state index is 11.9. The molecule has 2 rings (SSSR count). The van der Waals surface area contributed by atoms with Crippen LogP contribution in [0, 0.1) is 0 Å². The Morgan fingerprint density at radius 2 is 1.82 bits per heavy atom. The summed E-state index contributed by atoms with van der Waals surface area (Å²) in [5.74, 6) is 1.25. The van der Waals surface area contributed by atoms with Gasteiger partial charge in [0.05, 0.1) is 20.2 Å². The minimum atomic E-state index is -0.0523. The Morgan fingerprint density at radius 1 is 1.11 bits per heavy atom. The third-order valence-electron chi connectivity index (χ3n) is 3.95. The van der Waals surface area contributed by atoms with Crippen molar-refractivity contribution < 1.29 is 9.53 Å². The summed E-state index contributed by atoms with van der Waals surface area (Å²) in [5.41, 5.74) is 1.90. The van der Waals surface area contributed by atoms with Gasteiger partial charge in [-0.25, -0.2) is 4.99 Å². The van der Waals surface area contributed by atoms with Gasteiger partial charge in [0.2, 0.25) is 5.91 Å². The van der Waals surface area contributed by atoms with Crippen molar-refractivity contribution in [1.82, 2.24) is 15.5 Å². The quantitative estimate of drug-likeness (QED) is 0.530. The molecule has 0 unspecified atom stereocenters. The number of carbonyl (C=O) groups excluding carboxylic acids is 1. The number of nitrogens with zero attached hydrogens (tertiary/aromatic N) is 2. The number of benzene rings is 2. The zero-order chi connectivity index (χ0) is 20.5. The molecule has 0 aliphatic heterocycles. The van der Waals surface area contributed by atoms with E-state index in [1.807, 2.05) is 30.3 Å². The first kappa shape index (κ1) is 21.9. The van der Waals surface area contributed by atoms with Gasteiger partial charge >= 0.3 is 0 Å². The highest BCUT2D eigenvalue weighted by atomic mass is 35.5. The number of nitrogens with one attached hydrogen (secondary N) is 2. The van der Waals surface area contributed by atoms with Crippen LogP contribution in [0.5, 0.6) is 5.75 Å². The minimum Gasteiger partial charge on any atom is -0.497 e. The third-order valence-corrected chi connectivity index (χ3v) is 4.53. The molecule has 0 heterocycles. The highest BCUT2D eigenvalue weighted by molar-refractivity contribution is 6.35. The molecule has 0 spiro atoms. The molecule has 0 saturated carbocycles. The van der Waals surface area contributed by atoms with Gasteiger partial charge in [-0.1, -0.05) is 41.4 Å². The lowest BCUT2D eigenvalue weighted by Gasteiger charge is -2.15. The fraction of sp³-hybridized carbons (Fsp3) is 0.300. The lowest BCUT2D eigenvalue weighted by molar-refractivity contribution is -0.127. The van der Waals surface area contributed by atoms with Gasteiger partial charge in [0.25, 0.3) is 0 Å². The van der Waals surface area contributed by atoms with Gasteiger partial charge in [0, 0.05) is 30.7 Å². The molecule has 1 amide bonds. The van der Waals surface area contributed by atoms with E-state index in [2.05, 4.69) is 15.6 Å². The smallest absolute Gasteiger partial charge is 0.241 e. The van der Waals surface area contributed by atoms with Gasteiger partial charge in [0.15, 0.2) is 5.96 Å². The topological polar surface area (TPSA) is 66.0 Å². The molecule has 2 N–H and O–H groups in total. The molecule has 8 heteroatoms. The molecule has 0 saturated heterocycles. The Labute approximate surface area is 175 Å². The zero-order valence-corrected chi connectivity index (χ0v) is 17.6. The van der Waals surface area contributed by atoms with Crippen molar-refractivity contribution in [3.8, 4) is 5.75 Å². The number of hydrogen-bond acceptors (Lipinski definition) is 3. The van der Waals surface area contributed by atoms with E-state index in [9.17, 15) is 4.79 Å². The monoisotopic (exact) mass is 422 g/mol. The molecule has 0 fully saturated rings. The summed E-state index contributed by atoms with van der Waals surface area (Å²) in [6, 6.07) is 13.0. The van der Waals surface area contributed by atoms with E-state index in [4.69, 9.17) is 27.9 Å². The second-order valence-corrected chi connectivity index (χ2v) is 7.09. The Balaban J connectivity index is 2.06. The number of amides is 1. The van der Waals surface area contributed by atoms with E-state index in [1.165, 1.54) is 4.90 Å². The molecule has 2 aromatic carbocycles. The first-order chi connectivity index (χ1) is 13.4. The highest BCUT2D eigenvalue weighted by Gasteiger charge is 2.07. The number of hydrogen-bond donors (Lipinski definition) is 2. The molecule has 6 nitrogen and oxygen atoms in total. The summed E-state index contributed by atoms with van der Waals surface area (Å²) in [6.45, 7) is 1.03. The Bertz CT molecular complexity index is 823. The van der Waals surface area contributed by atoms with Gasteiger partial charge < -0.3 is 20.3 Å². The van der Waals surface area contributed by atoms with E-state index in [1.54, 1.807) is 33.3 Å². The summed E-state index contributed by atoms with van der Waals surface area (Å²) in [7, 11) is 5.04. The van der Waals surface area contributed by atoms with Crippen LogP contribution in [0.2, 0.25) is 10.0 Å². The van der Waals surface area contributed by atoms with Gasteiger partial charge in [-0.05, 0) is 35.4 Å². The molecule has 0 radical (unpaired) electrons. The molecule has 2 aromatic rings. The summed E-state index contributed by atoms with van der Waals surface area (Å²) in [5, 5.41) is 7.40. The Kier molecular flexibility index (Phi) is 8.42. The normalized spacial score (nSPS) is 11.1. The van der Waals surface area contributed by atoms with Gasteiger partial charge in [-0.3, -0.25) is 4.79 Å². The summed E-state index contributed by atoms with van der Waals surface area (Å²) in [6.07, 6.45) is 0. The van der Waals surface area contributed by atoms with Crippen LogP contribution in [0.4, 0.5) is 0 Å². The highest BCUT2D eigenvalue weighted by Crippen LogP contribution is 2.20. The van der Waals surface area contributed by atoms with Crippen molar-refractivity contribution in [2.24, 2.45) is 4.99 Å². The molecule has 0 aromatic heterocycles. The van der Waals surface area contributed by atoms with E-state index in [0.717, 1.165) is 16.9 Å². The van der Waals surface area contributed by atoms with Crippen LogP contribution < -0.4 is 15.4 Å². The van der Waals surface area contributed by atoms with Gasteiger partial charge in [-0.2, -0.15) is 0 Å². The molecule has 0 aliphatic carbocycles. The molecule has 0 atom stereocenters. The SMILES string of the molecule is COc1ccc(CN=C(NCC(=O)N(C)C)NCc2ccc(Cl)cc2Cl)cc1. The largest absolute Gasteiger partial charge is 0.497 e. The van der Waals surface area contributed by atoms with Crippen molar-refractivity contribution in [2.75, 3.05) is 27.7 Å². The van der Waals surface area contributed by atoms with Crippen LogP contribution in [0.1, 0.15) is 11.1 Å². The van der Waals surface area contributed by atoms with Crippen LogP contribution in [0.3, 0.4) is 0 Å². The second-order valence-electron chi connectivity index (χ2n) is 6.24. The first-order valence-electron chi connectivity index (χ1n) is 8.68. The van der Waals surface area contributed by atoms with Crippen molar-refractivity contribution in [1.29, 1.82) is 0 Å². The maximum atomic E-state index is 11.9. The molecule has 150 valence electrons. The summed E-state index contributed by atoms with van der Waals surface area (Å²) in [4.78, 5) is 18.0. The van der Waals surface area contributed by atoms with E-state index in [-0.39, 0.29) is 12.5 Å². The lowest BCUT2D eigenvalue weighted by Crippen LogP contribution is -2.42. The second kappa shape index (κ2) is 10.8. The zero-order valence-electron chi connectivity index (χ0n) is 16.1. The number of ether oxygens (including phenoxy) is 1. The number of carbonyl (C=O) groups is 1. The van der Waals surface area contributed by atoms with E-state index < -0.39 is 0 Å². The summed E-state index contributed by atoms with van der Waals surface area (Å²) < 4.78 is 5.16. The maximum Gasteiger partial charge on any atom is 0.241 e. The van der Waals surface area contributed by atoms with Crippen molar-refractivity contribution in [3.05, 3.63) is 63.6 Å². The van der Waals surface area contributed by atoms with Crippen LogP contribution >= 0.6 is 23.2 Å². The third kappa shape index (κ3) is 6.94. The molecule has 28 heavy (non-hydrogen) atoms. The lowest BCUT2D eigenvalue weighted by atomic mass is 10.2. The fourth-order valence-corrected chi connectivity index (χ4v) is 2.71. The van der Waals surface area contributed by atoms with Crippen LogP contribution in [0.15, 0.2) is 47.5 Å². The van der Waals surface area contributed by atoms with Crippen LogP contribution in [-0.2, 0) is 17.9 Å². The van der Waals surface area contributed by atoms with Gasteiger partial charge in [-0.15, -0.1) is 0 Å². The number of halogens is 2. The van der Waals surface area contributed by atoms with Crippen molar-refractivity contribution in [2.45, 2.75) is 13.1 Å². The molecule has 0 bridgehead atoms. The number of methoxy groups -OCH3 is 1. The van der Waals surface area contributed by atoms with Gasteiger partial charge in [0.1, 0.15) is 5.75 Å². The number of aliphatic imine (C=N–C) groups is 1. The predicted octanol–water partition coefficient (Wildman–Crippen LogP) is 3.33. The summed E-state index contributed by atoms with van der Waals surface area (Å²) >= 11 is 12.2. The number of likely N-dealkylation sites (N-methyl/N-ethyl adjacent to an activating group) is 1. The molecular formula is C20H24Cl2N4O2. The van der Waals surface area contributed by atoms with Crippen LogP contribution in [-0.4, -0.2) is 44.5 Å². The molecular weight excluding hydrogens is 399 g/mol. The van der Waals surface area contributed by atoms with Crippen molar-refractivity contribution in [3.63, 3.8) is 0 Å². The fourth-order valence-electron chi connectivity index (χ4n) is 2.24. The predicted molar refractivity (Wildman–Crippen MR) is 114 cm³/mol. The molecule has 0 aliphatic rings. The standard InChI is InChI=1S/C20H24Cl2N4O2/c1-26(2)19(27)13-25-20(23-11-14-4-8-17(28-3)9-5-14)24-12-15-6-7-16(21)10-18(15)22/h4-10H,11-13H2,1-3H3,(H2,23,24,25). The van der Waals surface area contributed by atoms with Crippen LogP contribution in [0.25, 0.3) is 0 Å². The number of guanidine groups is 1. The average Bonchev–Trinajstić information content (AvgIpc) is 2.68. The van der Waals surface area contributed by atoms with E-state index in [0.29, 0.717) is 29.1 Å². The Hall–Kier alpha value is -2.44. The minimum absolute atomic E-state index is 0.0523.